The summed E-state index contributed by atoms with van der Waals surface area (Å²) in [6.07, 6.45) is 9.71. The largest absolute Gasteiger partial charge is 0.468 e. The van der Waals surface area contributed by atoms with Crippen molar-refractivity contribution in [3.63, 3.8) is 0 Å². The fourth-order valence-corrected chi connectivity index (χ4v) is 1.66. The summed E-state index contributed by atoms with van der Waals surface area (Å²) in [6.45, 7) is 0. The number of ether oxygens (including phenoxy) is 2. The van der Waals surface area contributed by atoms with E-state index >= 15 is 0 Å². The van der Waals surface area contributed by atoms with Crippen molar-refractivity contribution in [2.24, 2.45) is 16.8 Å². The molecule has 1 rings (SSSR count). The van der Waals surface area contributed by atoms with E-state index in [9.17, 15) is 14.4 Å². The first kappa shape index (κ1) is 15.6. The molecule has 0 aromatic rings. The van der Waals surface area contributed by atoms with Crippen LogP contribution in [0.4, 0.5) is 0 Å². The van der Waals surface area contributed by atoms with Gasteiger partial charge in [-0.1, -0.05) is 18.2 Å². The van der Waals surface area contributed by atoms with E-state index in [4.69, 9.17) is 0 Å². The maximum absolute atomic E-state index is 11.6. The van der Waals surface area contributed by atoms with Gasteiger partial charge in [-0.15, -0.1) is 0 Å². The number of allylic oxidation sites excluding steroid dienone is 4. The summed E-state index contributed by atoms with van der Waals surface area (Å²) in [7, 11) is 2.47. The standard InChI is InChI=1S/C14H15NO5/c1-19-13(17)7-8-15-12-6-4-3-5-10(12)11(9-16)14(18)20-2/h3-11H,1-2H3/b8-7+,15-12?. The summed E-state index contributed by atoms with van der Waals surface area (Å²) in [5, 5.41) is 0. The van der Waals surface area contributed by atoms with Gasteiger partial charge in [-0.05, 0) is 6.08 Å². The minimum absolute atomic E-state index is 0.482. The van der Waals surface area contributed by atoms with Gasteiger partial charge >= 0.3 is 11.9 Å². The van der Waals surface area contributed by atoms with E-state index in [0.29, 0.717) is 12.0 Å². The molecule has 0 aromatic heterocycles. The van der Waals surface area contributed by atoms with Crippen molar-refractivity contribution >= 4 is 23.9 Å². The van der Waals surface area contributed by atoms with Gasteiger partial charge in [-0.2, -0.15) is 0 Å². The third-order valence-electron chi connectivity index (χ3n) is 2.68. The highest BCUT2D eigenvalue weighted by molar-refractivity contribution is 6.05. The zero-order valence-electron chi connectivity index (χ0n) is 11.2. The Balaban J connectivity index is 2.95. The number of hydrogen-bond donors (Lipinski definition) is 0. The molecule has 0 spiro atoms. The van der Waals surface area contributed by atoms with Crippen molar-refractivity contribution in [3.05, 3.63) is 36.6 Å². The fourth-order valence-electron chi connectivity index (χ4n) is 1.66. The molecule has 0 fully saturated rings. The molecule has 0 heterocycles. The smallest absolute Gasteiger partial charge is 0.332 e. The quantitative estimate of drug-likeness (QED) is 0.322. The lowest BCUT2D eigenvalue weighted by atomic mass is 9.86. The zero-order valence-corrected chi connectivity index (χ0v) is 11.2. The first-order valence-corrected chi connectivity index (χ1v) is 5.84. The van der Waals surface area contributed by atoms with E-state index in [1.54, 1.807) is 24.3 Å². The maximum Gasteiger partial charge on any atom is 0.332 e. The van der Waals surface area contributed by atoms with Gasteiger partial charge < -0.3 is 14.3 Å². The van der Waals surface area contributed by atoms with E-state index in [1.165, 1.54) is 20.4 Å². The van der Waals surface area contributed by atoms with Crippen LogP contribution in [0.15, 0.2) is 41.6 Å². The van der Waals surface area contributed by atoms with E-state index in [0.717, 1.165) is 6.08 Å². The maximum atomic E-state index is 11.6. The van der Waals surface area contributed by atoms with Crippen molar-refractivity contribution in [2.45, 2.75) is 0 Å². The molecule has 6 nitrogen and oxygen atoms in total. The van der Waals surface area contributed by atoms with Crippen LogP contribution in [0.2, 0.25) is 0 Å². The molecule has 6 heteroatoms. The third-order valence-corrected chi connectivity index (χ3v) is 2.68. The zero-order chi connectivity index (χ0) is 15.0. The van der Waals surface area contributed by atoms with Crippen molar-refractivity contribution in [1.82, 2.24) is 0 Å². The summed E-state index contributed by atoms with van der Waals surface area (Å²) in [5.74, 6) is -2.66. The molecule has 20 heavy (non-hydrogen) atoms. The van der Waals surface area contributed by atoms with E-state index in [1.807, 2.05) is 0 Å². The Morgan fingerprint density at radius 2 is 2.05 bits per heavy atom. The van der Waals surface area contributed by atoms with E-state index < -0.39 is 23.8 Å². The van der Waals surface area contributed by atoms with E-state index in [-0.39, 0.29) is 0 Å². The van der Waals surface area contributed by atoms with Crippen LogP contribution in [0, 0.1) is 11.8 Å². The number of methoxy groups -OCH3 is 2. The molecule has 0 amide bonds. The number of rotatable bonds is 5. The minimum Gasteiger partial charge on any atom is -0.468 e. The molecule has 0 radical (unpaired) electrons. The van der Waals surface area contributed by atoms with Crippen LogP contribution < -0.4 is 0 Å². The average Bonchev–Trinajstić information content (AvgIpc) is 2.48. The van der Waals surface area contributed by atoms with Crippen molar-refractivity contribution in [3.8, 4) is 0 Å². The van der Waals surface area contributed by atoms with Gasteiger partial charge in [0.25, 0.3) is 0 Å². The van der Waals surface area contributed by atoms with Crippen LogP contribution in [0.1, 0.15) is 0 Å². The summed E-state index contributed by atoms with van der Waals surface area (Å²) < 4.78 is 9.02. The third kappa shape index (κ3) is 4.01. The van der Waals surface area contributed by atoms with Crippen LogP contribution in [0.25, 0.3) is 0 Å². The van der Waals surface area contributed by atoms with Gasteiger partial charge in [0.15, 0.2) is 0 Å². The molecule has 0 aliphatic heterocycles. The van der Waals surface area contributed by atoms with Crippen LogP contribution in [0.3, 0.4) is 0 Å². The molecule has 0 saturated heterocycles. The van der Waals surface area contributed by atoms with Gasteiger partial charge in [0, 0.05) is 23.9 Å². The second-order valence-corrected chi connectivity index (χ2v) is 3.85. The SMILES string of the molecule is COC(=O)/C=C/N=C1C=CC=CC1C(C=O)C(=O)OC. The highest BCUT2D eigenvalue weighted by atomic mass is 16.5. The van der Waals surface area contributed by atoms with Crippen LogP contribution in [0.5, 0.6) is 0 Å². The minimum atomic E-state index is -0.966. The van der Waals surface area contributed by atoms with Crippen LogP contribution in [-0.2, 0) is 23.9 Å². The van der Waals surface area contributed by atoms with Crippen molar-refractivity contribution < 1.29 is 23.9 Å². The Hall–Kier alpha value is -2.50. The monoisotopic (exact) mass is 277 g/mol. The Morgan fingerprint density at radius 1 is 1.30 bits per heavy atom. The second-order valence-electron chi connectivity index (χ2n) is 3.85. The lowest BCUT2D eigenvalue weighted by Gasteiger charge is -2.19. The summed E-state index contributed by atoms with van der Waals surface area (Å²) in [5.41, 5.74) is 0.482. The first-order valence-electron chi connectivity index (χ1n) is 5.84. The van der Waals surface area contributed by atoms with Gasteiger partial charge in [-0.25, -0.2) is 4.79 Å². The molecular formula is C14H15NO5. The number of carbonyl (C=O) groups is 3. The summed E-state index contributed by atoms with van der Waals surface area (Å²) in [6, 6.07) is 0. The van der Waals surface area contributed by atoms with Crippen LogP contribution >= 0.6 is 0 Å². The molecule has 0 aromatic carbocycles. The number of hydrogen-bond acceptors (Lipinski definition) is 6. The Bertz CT molecular complexity index is 502. The number of aliphatic imine (C=N–C) groups is 1. The highest BCUT2D eigenvalue weighted by Crippen LogP contribution is 2.20. The summed E-state index contributed by atoms with van der Waals surface area (Å²) >= 11 is 0. The lowest BCUT2D eigenvalue weighted by molar-refractivity contribution is -0.147. The van der Waals surface area contributed by atoms with E-state index in [2.05, 4.69) is 14.5 Å². The van der Waals surface area contributed by atoms with Gasteiger partial charge in [0.1, 0.15) is 12.2 Å². The van der Waals surface area contributed by atoms with Gasteiger partial charge in [-0.3, -0.25) is 9.79 Å². The molecule has 0 saturated carbocycles. The Labute approximate surface area is 116 Å². The molecule has 1 aliphatic rings. The average molecular weight is 277 g/mol. The molecule has 106 valence electrons. The van der Waals surface area contributed by atoms with Gasteiger partial charge in [0.05, 0.1) is 14.2 Å². The van der Waals surface area contributed by atoms with Crippen LogP contribution in [-0.4, -0.2) is 38.2 Å². The molecular weight excluding hydrogens is 262 g/mol. The molecule has 0 bridgehead atoms. The van der Waals surface area contributed by atoms with Gasteiger partial charge in [0.2, 0.25) is 0 Å². The molecule has 0 N–H and O–H groups in total. The predicted octanol–water partition coefficient (Wildman–Crippen LogP) is 0.844. The highest BCUT2D eigenvalue weighted by Gasteiger charge is 2.30. The number of aldehydes is 1. The lowest BCUT2D eigenvalue weighted by Crippen LogP contribution is -2.30. The molecule has 2 atom stereocenters. The Morgan fingerprint density at radius 3 is 2.65 bits per heavy atom. The topological polar surface area (TPSA) is 82.0 Å². The second kappa shape index (κ2) is 7.83. The molecule has 1 aliphatic carbocycles. The first-order chi connectivity index (χ1) is 9.63. The van der Waals surface area contributed by atoms with Crippen molar-refractivity contribution in [1.29, 1.82) is 0 Å². The molecule has 2 unspecified atom stereocenters. The summed E-state index contributed by atoms with van der Waals surface area (Å²) in [4.78, 5) is 37.6. The Kier molecular flexibility index (Phi) is 6.09. The number of nitrogens with zero attached hydrogens (tertiary/aromatic N) is 1. The number of carbonyl (C=O) groups excluding carboxylic acids is 3. The van der Waals surface area contributed by atoms with Crippen molar-refractivity contribution in [2.75, 3.05) is 14.2 Å². The fraction of sp³-hybridized carbons (Fsp3) is 0.286. The predicted molar refractivity (Wildman–Crippen MR) is 71.9 cm³/mol. The normalized spacial score (nSPS) is 20.9. The number of esters is 2.